The number of hydrogen-bond donors (Lipinski definition) is 1. The van der Waals surface area contributed by atoms with Crippen molar-refractivity contribution >= 4 is 74.5 Å². The van der Waals surface area contributed by atoms with E-state index in [1.165, 1.54) is 21.5 Å². The van der Waals surface area contributed by atoms with E-state index in [0.717, 1.165) is 86.4 Å². The Morgan fingerprint density at radius 1 is 0.530 bits per heavy atom. The molecule has 0 fully saturated rings. The normalized spacial score (nSPS) is 16.7. The summed E-state index contributed by atoms with van der Waals surface area (Å²) in [5.74, 6) is 2.72. The summed E-state index contributed by atoms with van der Waals surface area (Å²) in [7, 11) is -2.78. The molecule has 1 N–H and O–H groups in total. The molecule has 0 amide bonds. The zero-order valence-electron chi connectivity index (χ0n) is 46.8. The van der Waals surface area contributed by atoms with Gasteiger partial charge in [-0.05, 0) is 101 Å². The van der Waals surface area contributed by atoms with Gasteiger partial charge in [0, 0.05) is 0 Å². The van der Waals surface area contributed by atoms with Gasteiger partial charge in [0.2, 0.25) is 11.9 Å². The Labute approximate surface area is 538 Å². The number of rotatable bonds is 8. The average molecular weight is 1230 g/mol. The fraction of sp³-hybridized carbons (Fsp3) is 0.219. The summed E-state index contributed by atoms with van der Waals surface area (Å²) < 4.78 is 15.8. The second-order valence-corrected chi connectivity index (χ2v) is 26.1. The molecule has 0 aliphatic heterocycles. The van der Waals surface area contributed by atoms with Crippen LogP contribution in [0.5, 0.6) is 0 Å². The van der Waals surface area contributed by atoms with E-state index in [-0.39, 0.29) is 96.8 Å². The number of benzene rings is 6. The predicted octanol–water partition coefficient (Wildman–Crippen LogP) is 6.47. The number of imidazole rings is 4. The van der Waals surface area contributed by atoms with E-state index in [2.05, 4.69) is 151 Å². The number of aryl methyl sites for hydroxylation is 2. The summed E-state index contributed by atoms with van der Waals surface area (Å²) in [5.41, 5.74) is 11.7. The molecule has 2 unspecified atom stereocenters. The van der Waals surface area contributed by atoms with Crippen molar-refractivity contribution < 1.29 is 83.1 Å². The molecule has 0 saturated heterocycles. The first-order valence-corrected chi connectivity index (χ1v) is 29.1. The van der Waals surface area contributed by atoms with Crippen LogP contribution in [0.3, 0.4) is 0 Å². The summed E-state index contributed by atoms with van der Waals surface area (Å²) in [5, 5.41) is 12.9. The fourth-order valence-electron chi connectivity index (χ4n) is 12.5. The van der Waals surface area contributed by atoms with Crippen LogP contribution >= 0.6 is 0 Å². The summed E-state index contributed by atoms with van der Waals surface area (Å²) in [6.45, 7) is 25.8. The van der Waals surface area contributed by atoms with Crippen molar-refractivity contribution in [3.63, 3.8) is 0 Å². The van der Waals surface area contributed by atoms with Gasteiger partial charge in [0.15, 0.2) is 22.7 Å². The molecule has 4 atom stereocenters. The number of aliphatic hydroxyl groups excluding tert-OH is 1. The monoisotopic (exact) mass is 1230 g/mol. The smallest absolute Gasteiger partial charge is 1.00 e. The Morgan fingerprint density at radius 2 is 0.964 bits per heavy atom. The molecule has 6 aromatic carbocycles. The molecule has 406 valence electrons. The molecule has 83 heavy (non-hydrogen) atoms. The van der Waals surface area contributed by atoms with E-state index in [1.807, 2.05) is 54.8 Å². The Bertz CT molecular complexity index is 4430. The van der Waals surface area contributed by atoms with Crippen LogP contribution in [0.15, 0.2) is 171 Å². The van der Waals surface area contributed by atoms with Crippen LogP contribution in [-0.2, 0) is 4.43 Å². The van der Waals surface area contributed by atoms with Crippen LogP contribution in [0, 0.1) is 27.0 Å². The third kappa shape index (κ3) is 10.1. The molecule has 2 aliphatic carbocycles. The van der Waals surface area contributed by atoms with Gasteiger partial charge >= 0.3 is 68.9 Å². The first kappa shape index (κ1) is 57.3. The van der Waals surface area contributed by atoms with Gasteiger partial charge < -0.3 is 23.4 Å². The van der Waals surface area contributed by atoms with E-state index >= 15 is 0 Å². The molecule has 0 spiro atoms. The number of halogens is 1. The van der Waals surface area contributed by atoms with Crippen molar-refractivity contribution in [1.82, 2.24) is 58.1 Å². The van der Waals surface area contributed by atoms with E-state index in [4.69, 9.17) is 37.5 Å². The Balaban J connectivity index is 0.000000184. The molecule has 6 aromatic heterocycles. The zero-order chi connectivity index (χ0) is 55.6. The number of aromatic nitrogens is 12. The Hall–Kier alpha value is -7.54. The first-order valence-electron chi connectivity index (χ1n) is 27.2. The first-order chi connectivity index (χ1) is 39.4. The molecule has 6 heterocycles. The van der Waals surface area contributed by atoms with Crippen LogP contribution in [0.4, 0.5) is 11.4 Å². The van der Waals surface area contributed by atoms with Gasteiger partial charge in [0.05, 0.1) is 71.9 Å². The van der Waals surface area contributed by atoms with E-state index in [1.54, 1.807) is 47.8 Å². The molecule has 0 saturated carbocycles. The Morgan fingerprint density at radius 3 is 1.43 bits per heavy atom. The van der Waals surface area contributed by atoms with Crippen molar-refractivity contribution in [1.29, 1.82) is 0 Å². The van der Waals surface area contributed by atoms with Crippen LogP contribution < -0.4 is 84.0 Å². The van der Waals surface area contributed by atoms with Gasteiger partial charge in [-0.3, -0.25) is 9.13 Å². The predicted molar refractivity (Wildman–Crippen MR) is 316 cm³/mol. The van der Waals surface area contributed by atoms with Gasteiger partial charge in [0.25, 0.3) is 8.32 Å². The second-order valence-electron chi connectivity index (χ2n) is 21.8. The Kier molecular flexibility index (Phi) is 16.0. The SMILES string of the molecule is [C-]#[N+]c1ccc2ncn(-c3ncc4nc(C)n(C5CC[C@@H](O)c6ccccc65)c4n3)c2c1.[C-]#[N+]c1ccc2ncn(-c3ncc4nc(C)n(C5CC[C@@H](O[Si](c6ccccc6)(c6ccccc6)C(C)(C)C)c6ccccc65)c4n3)c2c1.[Cs+].[F-]. The largest absolute Gasteiger partial charge is 1.00 e. The number of hydrogen-bond acceptors (Lipinski definition) is 10. The molecule has 12 aromatic rings. The summed E-state index contributed by atoms with van der Waals surface area (Å²) in [6, 6.07) is 49.4. The third-order valence-electron chi connectivity index (χ3n) is 16.1. The van der Waals surface area contributed by atoms with Crippen molar-refractivity contribution in [3.05, 3.63) is 227 Å². The topological polar surface area (TPSA) is 161 Å². The molecule has 0 bridgehead atoms. The third-order valence-corrected chi connectivity index (χ3v) is 21.2. The van der Waals surface area contributed by atoms with E-state index in [0.29, 0.717) is 29.7 Å². The minimum absolute atomic E-state index is 0. The molecule has 16 nitrogen and oxygen atoms in total. The van der Waals surface area contributed by atoms with E-state index < -0.39 is 14.4 Å². The molecule has 14 rings (SSSR count). The van der Waals surface area contributed by atoms with Crippen LogP contribution in [-0.4, -0.2) is 71.6 Å². The van der Waals surface area contributed by atoms with Crippen molar-refractivity contribution in [2.45, 2.75) is 89.6 Å². The minimum Gasteiger partial charge on any atom is -1.00 e. The quantitative estimate of drug-likeness (QED) is 0.132. The summed E-state index contributed by atoms with van der Waals surface area (Å²) >= 11 is 0. The summed E-state index contributed by atoms with van der Waals surface area (Å²) in [4.78, 5) is 44.9. The molecule has 2 aliphatic rings. The fourth-order valence-corrected chi connectivity index (χ4v) is 17.1. The van der Waals surface area contributed by atoms with Gasteiger partial charge in [-0.15, -0.1) is 0 Å². The molecular weight excluding hydrogens is 1180 g/mol. The molecular formula is C64H56CsFN14O2Si. The van der Waals surface area contributed by atoms with Gasteiger partial charge in [0.1, 0.15) is 35.3 Å². The maximum Gasteiger partial charge on any atom is 1.00 e. The number of nitrogens with zero attached hydrogens (tertiary/aromatic N) is 14. The van der Waals surface area contributed by atoms with Gasteiger partial charge in [-0.2, -0.15) is 9.97 Å². The van der Waals surface area contributed by atoms with Crippen LogP contribution in [0.25, 0.3) is 66.0 Å². The zero-order valence-corrected chi connectivity index (χ0v) is 54.1. The molecule has 0 radical (unpaired) electrons. The summed E-state index contributed by atoms with van der Waals surface area (Å²) in [6.07, 6.45) is 9.60. The standard InChI is InChI=1S/C40H37N7OSi.C24H19N7O.Cs.FH/c1-27-44-34-25-42-39(46-26-43-33-21-20-28(41-5)24-36(33)46)45-38(34)47(27)35-22-23-37(32-19-13-12-18-31(32)35)48-49(40(2,3)4,29-14-8-6-9-15-29)30-16-10-7-11-17-30;1-14-28-19-12-26-24(30-13-27-18-8-7-15(25-2)11-21(18)30)29-23(19)31(14)20-9-10-22(32)17-6-4-3-5-16(17)20;;/h6-21,24-26,35,37H,22-23H2,1-4H3;3-8,11-13,20,22,32H,9-10H2,1H3;;1H/q;;+1;/p-1/t35?,37-;20?,22-;;/m11../s1. The minimum atomic E-state index is -2.78. The van der Waals surface area contributed by atoms with Crippen LogP contribution in [0.2, 0.25) is 5.04 Å². The maximum absolute atomic E-state index is 10.5. The van der Waals surface area contributed by atoms with E-state index in [9.17, 15) is 5.11 Å². The van der Waals surface area contributed by atoms with Crippen molar-refractivity contribution in [2.75, 3.05) is 0 Å². The van der Waals surface area contributed by atoms with Gasteiger partial charge in [-0.1, -0.05) is 142 Å². The second kappa shape index (κ2) is 23.3. The number of fused-ring (bicyclic) bond motifs is 6. The van der Waals surface area contributed by atoms with Gasteiger partial charge in [-0.25, -0.2) is 39.6 Å². The maximum atomic E-state index is 10.5. The average Bonchev–Trinajstić information content (AvgIpc) is 4.41. The van der Waals surface area contributed by atoms with Crippen molar-refractivity contribution in [3.8, 4) is 11.9 Å². The molecule has 19 heteroatoms. The number of aliphatic hydroxyl groups is 1. The van der Waals surface area contributed by atoms with Crippen LogP contribution in [0.1, 0.15) is 105 Å². The van der Waals surface area contributed by atoms with Crippen molar-refractivity contribution in [2.24, 2.45) is 0 Å².